The number of ether oxygens (including phenoxy) is 2. The molecular weight excluding hydrogens is 358 g/mol. The monoisotopic (exact) mass is 381 g/mol. The summed E-state index contributed by atoms with van der Waals surface area (Å²) >= 11 is 0. The van der Waals surface area contributed by atoms with Gasteiger partial charge in [-0.1, -0.05) is 48.5 Å². The maximum absolute atomic E-state index is 12.5. The first-order chi connectivity index (χ1) is 13.7. The quantitative estimate of drug-likeness (QED) is 0.864. The first-order valence-electron chi connectivity index (χ1n) is 9.31. The molecule has 7 nitrogen and oxygen atoms in total. The van der Waals surface area contributed by atoms with Gasteiger partial charge in [0.05, 0.1) is 26.2 Å². The van der Waals surface area contributed by atoms with Crippen LogP contribution < -0.4 is 10.1 Å². The summed E-state index contributed by atoms with van der Waals surface area (Å²) in [5, 5.41) is 2.93. The lowest BCUT2D eigenvalue weighted by Gasteiger charge is -2.23. The average Bonchev–Trinajstić information content (AvgIpc) is 3.26. The minimum absolute atomic E-state index is 0.147. The number of para-hydroxylation sites is 1. The van der Waals surface area contributed by atoms with Crippen molar-refractivity contribution >= 4 is 12.1 Å². The maximum atomic E-state index is 12.5. The highest BCUT2D eigenvalue weighted by Crippen LogP contribution is 2.30. The number of hydrogen-bond acceptors (Lipinski definition) is 4. The highest BCUT2D eigenvalue weighted by Gasteiger charge is 2.48. The molecule has 2 saturated heterocycles. The molecule has 0 spiro atoms. The van der Waals surface area contributed by atoms with Crippen molar-refractivity contribution in [2.45, 2.75) is 25.2 Å². The van der Waals surface area contributed by atoms with Crippen molar-refractivity contribution in [3.05, 3.63) is 65.7 Å². The molecule has 3 amide bonds. The molecule has 146 valence electrons. The summed E-state index contributed by atoms with van der Waals surface area (Å²) in [5.41, 5.74) is 1.95. The molecule has 0 unspecified atom stereocenters. The molecule has 2 aromatic carbocycles. The van der Waals surface area contributed by atoms with Crippen molar-refractivity contribution in [1.29, 1.82) is 0 Å². The first-order valence-corrected chi connectivity index (χ1v) is 9.31. The zero-order chi connectivity index (χ0) is 19.5. The lowest BCUT2D eigenvalue weighted by Crippen LogP contribution is -2.42. The fourth-order valence-corrected chi connectivity index (χ4v) is 3.75. The summed E-state index contributed by atoms with van der Waals surface area (Å²) in [7, 11) is 1.61. The Hall–Kier alpha value is -3.22. The van der Waals surface area contributed by atoms with E-state index in [0.717, 1.165) is 16.9 Å². The van der Waals surface area contributed by atoms with Gasteiger partial charge in [0, 0.05) is 18.7 Å². The zero-order valence-electron chi connectivity index (χ0n) is 15.7. The Morgan fingerprint density at radius 3 is 2.68 bits per heavy atom. The Balaban J connectivity index is 1.39. The van der Waals surface area contributed by atoms with Crippen molar-refractivity contribution in [3.8, 4) is 5.75 Å². The third kappa shape index (κ3) is 3.60. The summed E-state index contributed by atoms with van der Waals surface area (Å²) in [6.45, 7) is 1.71. The van der Waals surface area contributed by atoms with Gasteiger partial charge in [-0.25, -0.2) is 9.59 Å². The van der Waals surface area contributed by atoms with Gasteiger partial charge in [-0.05, 0) is 11.6 Å². The van der Waals surface area contributed by atoms with Crippen LogP contribution in [0.15, 0.2) is 54.6 Å². The predicted octanol–water partition coefficient (Wildman–Crippen LogP) is 2.61. The van der Waals surface area contributed by atoms with Crippen LogP contribution in [0, 0.1) is 0 Å². The lowest BCUT2D eigenvalue weighted by atomic mass is 10.1. The van der Waals surface area contributed by atoms with E-state index in [9.17, 15) is 9.59 Å². The molecule has 4 rings (SSSR count). The molecule has 2 atom stereocenters. The van der Waals surface area contributed by atoms with Crippen LogP contribution in [0.4, 0.5) is 9.59 Å². The van der Waals surface area contributed by atoms with Gasteiger partial charge in [-0.2, -0.15) is 0 Å². The van der Waals surface area contributed by atoms with Gasteiger partial charge >= 0.3 is 12.1 Å². The number of amides is 3. The minimum atomic E-state index is -0.342. The Morgan fingerprint density at radius 2 is 1.89 bits per heavy atom. The Kier molecular flexibility index (Phi) is 5.06. The van der Waals surface area contributed by atoms with Gasteiger partial charge in [0.15, 0.2) is 0 Å². The second-order valence-corrected chi connectivity index (χ2v) is 6.98. The van der Waals surface area contributed by atoms with Gasteiger partial charge in [-0.3, -0.25) is 4.90 Å². The van der Waals surface area contributed by atoms with Crippen molar-refractivity contribution in [1.82, 2.24) is 15.1 Å². The predicted molar refractivity (Wildman–Crippen MR) is 103 cm³/mol. The number of hydrogen-bond donors (Lipinski definition) is 1. The normalized spacial score (nSPS) is 20.7. The molecular formula is C21H23N3O4. The molecule has 7 heteroatoms. The molecule has 0 bridgehead atoms. The number of carbonyl (C=O) groups is 2. The Labute approximate surface area is 163 Å². The van der Waals surface area contributed by atoms with Crippen LogP contribution in [0.25, 0.3) is 0 Å². The third-order valence-corrected chi connectivity index (χ3v) is 5.23. The number of rotatable bonds is 5. The third-order valence-electron chi connectivity index (χ3n) is 5.23. The molecule has 0 radical (unpaired) electrons. The van der Waals surface area contributed by atoms with E-state index in [1.165, 1.54) is 0 Å². The maximum Gasteiger partial charge on any atom is 0.410 e. The van der Waals surface area contributed by atoms with E-state index in [2.05, 4.69) is 5.32 Å². The SMILES string of the molecule is COc1ccccc1CN1C(=O)O[C@H]2CN(C(=O)NCc3ccccc3)C[C@H]21. The van der Waals surface area contributed by atoms with E-state index < -0.39 is 0 Å². The number of fused-ring (bicyclic) bond motifs is 1. The Bertz CT molecular complexity index is 858. The second-order valence-electron chi connectivity index (χ2n) is 6.98. The van der Waals surface area contributed by atoms with Crippen molar-refractivity contribution < 1.29 is 19.1 Å². The molecule has 0 aliphatic carbocycles. The van der Waals surface area contributed by atoms with E-state index in [4.69, 9.17) is 9.47 Å². The largest absolute Gasteiger partial charge is 0.496 e. The summed E-state index contributed by atoms with van der Waals surface area (Å²) in [6.07, 6.45) is -0.644. The molecule has 2 aliphatic rings. The van der Waals surface area contributed by atoms with Gasteiger partial charge in [0.2, 0.25) is 0 Å². The number of nitrogens with one attached hydrogen (secondary N) is 1. The van der Waals surface area contributed by atoms with Gasteiger partial charge in [0.1, 0.15) is 11.9 Å². The fraction of sp³-hybridized carbons (Fsp3) is 0.333. The van der Waals surface area contributed by atoms with Crippen LogP contribution in [-0.4, -0.2) is 54.3 Å². The van der Waals surface area contributed by atoms with Crippen LogP contribution in [-0.2, 0) is 17.8 Å². The highest BCUT2D eigenvalue weighted by molar-refractivity contribution is 5.76. The molecule has 28 heavy (non-hydrogen) atoms. The standard InChI is InChI=1S/C21H23N3O4/c1-27-18-10-6-5-9-16(18)12-24-17-13-23(14-19(17)28-21(24)26)20(25)22-11-15-7-3-2-4-8-15/h2-10,17,19H,11-14H2,1H3,(H,22,25)/t17-,19+/m1/s1. The van der Waals surface area contributed by atoms with Crippen molar-refractivity contribution in [3.63, 3.8) is 0 Å². The van der Waals surface area contributed by atoms with E-state index in [-0.39, 0.29) is 24.3 Å². The number of benzene rings is 2. The number of methoxy groups -OCH3 is 1. The van der Waals surface area contributed by atoms with Crippen LogP contribution in [0.2, 0.25) is 0 Å². The number of carbonyl (C=O) groups excluding carboxylic acids is 2. The van der Waals surface area contributed by atoms with Crippen molar-refractivity contribution in [2.24, 2.45) is 0 Å². The van der Waals surface area contributed by atoms with E-state index in [1.807, 2.05) is 54.6 Å². The topological polar surface area (TPSA) is 71.1 Å². The second kappa shape index (κ2) is 7.80. The molecule has 2 aliphatic heterocycles. The zero-order valence-corrected chi connectivity index (χ0v) is 15.7. The number of urea groups is 1. The number of likely N-dealkylation sites (tertiary alicyclic amines) is 1. The highest BCUT2D eigenvalue weighted by atomic mass is 16.6. The van der Waals surface area contributed by atoms with Crippen LogP contribution in [0.1, 0.15) is 11.1 Å². The van der Waals surface area contributed by atoms with E-state index in [0.29, 0.717) is 26.2 Å². The number of nitrogens with zero attached hydrogens (tertiary/aromatic N) is 2. The summed E-state index contributed by atoms with van der Waals surface area (Å²) in [6, 6.07) is 17.1. The summed E-state index contributed by atoms with van der Waals surface area (Å²) in [4.78, 5) is 28.3. The average molecular weight is 381 g/mol. The van der Waals surface area contributed by atoms with E-state index >= 15 is 0 Å². The van der Waals surface area contributed by atoms with Crippen LogP contribution >= 0.6 is 0 Å². The fourth-order valence-electron chi connectivity index (χ4n) is 3.75. The lowest BCUT2D eigenvalue weighted by molar-refractivity contribution is 0.122. The molecule has 0 aromatic heterocycles. The first kappa shape index (κ1) is 18.2. The van der Waals surface area contributed by atoms with Crippen molar-refractivity contribution in [2.75, 3.05) is 20.2 Å². The van der Waals surface area contributed by atoms with Crippen LogP contribution in [0.3, 0.4) is 0 Å². The van der Waals surface area contributed by atoms with Gasteiger partial charge in [-0.15, -0.1) is 0 Å². The molecule has 0 saturated carbocycles. The molecule has 2 fully saturated rings. The summed E-state index contributed by atoms with van der Waals surface area (Å²) in [5.74, 6) is 0.731. The molecule has 2 heterocycles. The summed E-state index contributed by atoms with van der Waals surface area (Å²) < 4.78 is 10.9. The van der Waals surface area contributed by atoms with Gasteiger partial charge < -0.3 is 19.7 Å². The van der Waals surface area contributed by atoms with E-state index in [1.54, 1.807) is 16.9 Å². The smallest absolute Gasteiger partial charge is 0.410 e. The molecule has 2 aromatic rings. The minimum Gasteiger partial charge on any atom is -0.496 e. The van der Waals surface area contributed by atoms with Gasteiger partial charge in [0.25, 0.3) is 0 Å². The molecule has 1 N–H and O–H groups in total. The van der Waals surface area contributed by atoms with Crippen LogP contribution in [0.5, 0.6) is 5.75 Å². The Morgan fingerprint density at radius 1 is 1.14 bits per heavy atom.